The molecule has 0 aliphatic rings. The Morgan fingerprint density at radius 3 is 2.61 bits per heavy atom. The standard InChI is InChI=1S/C13H13Cl2N3/c1-8-3-4-10(16-6-8)7-17-12-9(2)5-11(14)18-13(12)15/h3-6,17H,7H2,1-2H3. The van der Waals surface area contributed by atoms with Crippen LogP contribution in [0.5, 0.6) is 0 Å². The third-order valence-corrected chi connectivity index (χ3v) is 3.03. The second kappa shape index (κ2) is 5.55. The summed E-state index contributed by atoms with van der Waals surface area (Å²) in [7, 11) is 0. The molecule has 2 aromatic heterocycles. The van der Waals surface area contributed by atoms with E-state index in [4.69, 9.17) is 23.2 Å². The number of nitrogens with one attached hydrogen (secondary N) is 1. The van der Waals surface area contributed by atoms with E-state index in [1.54, 1.807) is 6.07 Å². The van der Waals surface area contributed by atoms with Crippen LogP contribution in [0.3, 0.4) is 0 Å². The highest BCUT2D eigenvalue weighted by molar-refractivity contribution is 6.34. The van der Waals surface area contributed by atoms with Gasteiger partial charge in [-0.3, -0.25) is 4.98 Å². The number of anilines is 1. The summed E-state index contributed by atoms with van der Waals surface area (Å²) in [5, 5.41) is 4.01. The lowest BCUT2D eigenvalue weighted by Crippen LogP contribution is -2.04. The van der Waals surface area contributed by atoms with Crippen LogP contribution in [0.4, 0.5) is 5.69 Å². The molecule has 0 aliphatic carbocycles. The third kappa shape index (κ3) is 3.12. The van der Waals surface area contributed by atoms with Gasteiger partial charge < -0.3 is 5.32 Å². The van der Waals surface area contributed by atoms with Gasteiger partial charge in [-0.1, -0.05) is 29.3 Å². The molecule has 3 nitrogen and oxygen atoms in total. The molecule has 18 heavy (non-hydrogen) atoms. The molecule has 2 heterocycles. The minimum absolute atomic E-state index is 0.382. The van der Waals surface area contributed by atoms with Crippen molar-refractivity contribution in [2.45, 2.75) is 20.4 Å². The summed E-state index contributed by atoms with van der Waals surface area (Å²) in [5.74, 6) is 0. The summed E-state index contributed by atoms with van der Waals surface area (Å²) in [6.07, 6.45) is 1.84. The summed E-state index contributed by atoms with van der Waals surface area (Å²) in [4.78, 5) is 8.33. The number of hydrogen-bond donors (Lipinski definition) is 1. The first-order valence-electron chi connectivity index (χ1n) is 5.54. The van der Waals surface area contributed by atoms with Crippen molar-refractivity contribution in [2.75, 3.05) is 5.32 Å². The summed E-state index contributed by atoms with van der Waals surface area (Å²) in [6.45, 7) is 4.54. The lowest BCUT2D eigenvalue weighted by Gasteiger charge is -2.11. The Labute approximate surface area is 116 Å². The van der Waals surface area contributed by atoms with E-state index in [1.165, 1.54) is 0 Å². The molecule has 2 aromatic rings. The Balaban J connectivity index is 2.13. The fourth-order valence-corrected chi connectivity index (χ4v) is 2.19. The van der Waals surface area contributed by atoms with Gasteiger partial charge >= 0.3 is 0 Å². The lowest BCUT2D eigenvalue weighted by atomic mass is 10.2. The van der Waals surface area contributed by atoms with Crippen molar-refractivity contribution in [3.8, 4) is 0 Å². The second-order valence-corrected chi connectivity index (χ2v) is 4.85. The van der Waals surface area contributed by atoms with Crippen molar-refractivity contribution in [2.24, 2.45) is 0 Å². The smallest absolute Gasteiger partial charge is 0.154 e. The SMILES string of the molecule is Cc1ccc(CNc2c(C)cc(Cl)nc2Cl)nc1. The van der Waals surface area contributed by atoms with E-state index in [0.717, 1.165) is 22.5 Å². The predicted octanol–water partition coefficient (Wildman–Crippen LogP) is 4.01. The van der Waals surface area contributed by atoms with E-state index in [0.29, 0.717) is 16.9 Å². The number of hydrogen-bond acceptors (Lipinski definition) is 3. The van der Waals surface area contributed by atoms with E-state index in [9.17, 15) is 0 Å². The molecule has 0 aromatic carbocycles. The number of aryl methyl sites for hydroxylation is 2. The number of aromatic nitrogens is 2. The summed E-state index contributed by atoms with van der Waals surface area (Å²) >= 11 is 11.9. The van der Waals surface area contributed by atoms with E-state index in [2.05, 4.69) is 15.3 Å². The molecule has 2 rings (SSSR count). The average Bonchev–Trinajstić information content (AvgIpc) is 2.30. The van der Waals surface area contributed by atoms with Crippen LogP contribution in [0.25, 0.3) is 0 Å². The predicted molar refractivity (Wildman–Crippen MR) is 75.3 cm³/mol. The fraction of sp³-hybridized carbons (Fsp3) is 0.231. The lowest BCUT2D eigenvalue weighted by molar-refractivity contribution is 1.03. The van der Waals surface area contributed by atoms with Crippen molar-refractivity contribution in [1.29, 1.82) is 0 Å². The summed E-state index contributed by atoms with van der Waals surface area (Å²) in [6, 6.07) is 5.78. The topological polar surface area (TPSA) is 37.8 Å². The number of halogens is 2. The zero-order valence-corrected chi connectivity index (χ0v) is 11.7. The van der Waals surface area contributed by atoms with Crippen LogP contribution in [0.15, 0.2) is 24.4 Å². The first-order chi connectivity index (χ1) is 8.56. The second-order valence-electron chi connectivity index (χ2n) is 4.11. The van der Waals surface area contributed by atoms with E-state index in [-0.39, 0.29) is 0 Å². The summed E-state index contributed by atoms with van der Waals surface area (Å²) < 4.78 is 0. The minimum atomic E-state index is 0.382. The van der Waals surface area contributed by atoms with Crippen LogP contribution >= 0.6 is 23.2 Å². The Morgan fingerprint density at radius 2 is 2.00 bits per heavy atom. The number of pyridine rings is 2. The Bertz CT molecular complexity index is 530. The van der Waals surface area contributed by atoms with Crippen molar-refractivity contribution in [3.05, 3.63) is 51.5 Å². The molecule has 1 N–H and O–H groups in total. The maximum atomic E-state index is 6.05. The van der Waals surface area contributed by atoms with Gasteiger partial charge in [0.15, 0.2) is 5.15 Å². The Kier molecular flexibility index (Phi) is 4.04. The van der Waals surface area contributed by atoms with Crippen LogP contribution < -0.4 is 5.32 Å². The van der Waals surface area contributed by atoms with E-state index >= 15 is 0 Å². The van der Waals surface area contributed by atoms with Gasteiger partial charge in [-0.05, 0) is 37.1 Å². The van der Waals surface area contributed by atoms with Gasteiger partial charge in [-0.15, -0.1) is 0 Å². The van der Waals surface area contributed by atoms with Crippen molar-refractivity contribution >= 4 is 28.9 Å². The third-order valence-electron chi connectivity index (χ3n) is 2.56. The van der Waals surface area contributed by atoms with Crippen molar-refractivity contribution < 1.29 is 0 Å². The largest absolute Gasteiger partial charge is 0.377 e. The highest BCUT2D eigenvalue weighted by Gasteiger charge is 2.07. The highest BCUT2D eigenvalue weighted by atomic mass is 35.5. The van der Waals surface area contributed by atoms with Crippen LogP contribution in [-0.4, -0.2) is 9.97 Å². The molecule has 0 aliphatic heterocycles. The maximum absolute atomic E-state index is 6.05. The quantitative estimate of drug-likeness (QED) is 0.864. The zero-order chi connectivity index (χ0) is 13.1. The molecule has 5 heteroatoms. The normalized spacial score (nSPS) is 10.4. The monoisotopic (exact) mass is 281 g/mol. The molecule has 0 saturated carbocycles. The van der Waals surface area contributed by atoms with Gasteiger partial charge in [-0.2, -0.15) is 0 Å². The molecule has 0 radical (unpaired) electrons. The fourth-order valence-electron chi connectivity index (χ4n) is 1.59. The molecule has 0 unspecified atom stereocenters. The summed E-state index contributed by atoms with van der Waals surface area (Å²) in [5.41, 5.74) is 3.85. The van der Waals surface area contributed by atoms with Gasteiger partial charge in [-0.25, -0.2) is 4.98 Å². The van der Waals surface area contributed by atoms with E-state index < -0.39 is 0 Å². The molecule has 0 amide bonds. The first-order valence-corrected chi connectivity index (χ1v) is 6.30. The zero-order valence-electron chi connectivity index (χ0n) is 10.2. The Morgan fingerprint density at radius 1 is 1.22 bits per heavy atom. The molecular formula is C13H13Cl2N3. The van der Waals surface area contributed by atoms with Gasteiger partial charge in [0.2, 0.25) is 0 Å². The van der Waals surface area contributed by atoms with Gasteiger partial charge in [0.1, 0.15) is 5.15 Å². The molecule has 0 saturated heterocycles. The average molecular weight is 282 g/mol. The maximum Gasteiger partial charge on any atom is 0.154 e. The van der Waals surface area contributed by atoms with Crippen LogP contribution in [0.2, 0.25) is 10.3 Å². The van der Waals surface area contributed by atoms with Gasteiger partial charge in [0, 0.05) is 6.20 Å². The highest BCUT2D eigenvalue weighted by Crippen LogP contribution is 2.26. The molecule has 94 valence electrons. The minimum Gasteiger partial charge on any atom is -0.377 e. The van der Waals surface area contributed by atoms with Crippen molar-refractivity contribution in [3.63, 3.8) is 0 Å². The van der Waals surface area contributed by atoms with E-state index in [1.807, 2.05) is 32.2 Å². The van der Waals surface area contributed by atoms with Crippen molar-refractivity contribution in [1.82, 2.24) is 9.97 Å². The van der Waals surface area contributed by atoms with Gasteiger partial charge in [0.25, 0.3) is 0 Å². The molecular weight excluding hydrogens is 269 g/mol. The molecule has 0 atom stereocenters. The number of rotatable bonds is 3. The van der Waals surface area contributed by atoms with Crippen LogP contribution in [0.1, 0.15) is 16.8 Å². The first kappa shape index (κ1) is 13.1. The molecule has 0 fully saturated rings. The van der Waals surface area contributed by atoms with Crippen LogP contribution in [0, 0.1) is 13.8 Å². The molecule has 0 bridgehead atoms. The van der Waals surface area contributed by atoms with Crippen LogP contribution in [-0.2, 0) is 6.54 Å². The van der Waals surface area contributed by atoms with Gasteiger partial charge in [0.05, 0.1) is 17.9 Å². The Hall–Kier alpha value is -1.32. The molecule has 0 spiro atoms. The number of nitrogens with zero attached hydrogens (tertiary/aromatic N) is 2.